The first-order chi connectivity index (χ1) is 9.60. The van der Waals surface area contributed by atoms with Crippen LogP contribution in [0.4, 0.5) is 0 Å². The standard InChI is InChI=1S/C17H17ClO2/c1-3-13-10-15(7-8-16(13)18)20-11-17(19)14-6-4-5-12(2)9-14/h4-10H,3,11H2,1-2H3. The summed E-state index contributed by atoms with van der Waals surface area (Å²) in [7, 11) is 0. The Morgan fingerprint density at radius 3 is 2.70 bits per heavy atom. The second-order valence-electron chi connectivity index (χ2n) is 4.69. The van der Waals surface area contributed by atoms with E-state index in [1.54, 1.807) is 18.2 Å². The normalized spacial score (nSPS) is 10.3. The van der Waals surface area contributed by atoms with Crippen LogP contribution in [-0.2, 0) is 6.42 Å². The maximum absolute atomic E-state index is 12.0. The molecule has 2 nitrogen and oxygen atoms in total. The number of rotatable bonds is 5. The molecule has 0 heterocycles. The van der Waals surface area contributed by atoms with Gasteiger partial charge >= 0.3 is 0 Å². The zero-order valence-corrected chi connectivity index (χ0v) is 12.4. The lowest BCUT2D eigenvalue weighted by Crippen LogP contribution is -2.11. The quantitative estimate of drug-likeness (QED) is 0.759. The third-order valence-electron chi connectivity index (χ3n) is 3.11. The van der Waals surface area contributed by atoms with Crippen molar-refractivity contribution in [2.45, 2.75) is 20.3 Å². The van der Waals surface area contributed by atoms with E-state index in [0.717, 1.165) is 22.6 Å². The summed E-state index contributed by atoms with van der Waals surface area (Å²) in [5.74, 6) is 0.647. The van der Waals surface area contributed by atoms with Gasteiger partial charge in [0, 0.05) is 10.6 Å². The predicted molar refractivity (Wildman–Crippen MR) is 81.8 cm³/mol. The van der Waals surface area contributed by atoms with E-state index < -0.39 is 0 Å². The lowest BCUT2D eigenvalue weighted by molar-refractivity contribution is 0.0921. The fourth-order valence-electron chi connectivity index (χ4n) is 1.96. The molecule has 0 aliphatic carbocycles. The van der Waals surface area contributed by atoms with Crippen LogP contribution in [0.5, 0.6) is 5.75 Å². The number of carbonyl (C=O) groups excluding carboxylic acids is 1. The van der Waals surface area contributed by atoms with Crippen molar-refractivity contribution in [3.8, 4) is 5.75 Å². The van der Waals surface area contributed by atoms with E-state index in [2.05, 4.69) is 0 Å². The number of Topliss-reactive ketones (excluding diaryl/α,β-unsaturated/α-hetero) is 1. The van der Waals surface area contributed by atoms with Gasteiger partial charge in [0.2, 0.25) is 0 Å². The van der Waals surface area contributed by atoms with Crippen molar-refractivity contribution in [2.24, 2.45) is 0 Å². The van der Waals surface area contributed by atoms with Crippen molar-refractivity contribution in [3.63, 3.8) is 0 Å². The summed E-state index contributed by atoms with van der Waals surface area (Å²) in [5, 5.41) is 0.727. The summed E-state index contributed by atoms with van der Waals surface area (Å²) < 4.78 is 5.55. The Morgan fingerprint density at radius 2 is 2.00 bits per heavy atom. The maximum atomic E-state index is 12.0. The van der Waals surface area contributed by atoms with Crippen molar-refractivity contribution < 1.29 is 9.53 Å². The molecule has 0 spiro atoms. The summed E-state index contributed by atoms with van der Waals surface area (Å²) in [6.45, 7) is 4.03. The highest BCUT2D eigenvalue weighted by molar-refractivity contribution is 6.31. The minimum absolute atomic E-state index is 0.0262. The van der Waals surface area contributed by atoms with Crippen LogP contribution in [0.15, 0.2) is 42.5 Å². The number of hydrogen-bond donors (Lipinski definition) is 0. The Bertz CT molecular complexity index is 620. The molecule has 0 atom stereocenters. The Morgan fingerprint density at radius 1 is 1.20 bits per heavy atom. The van der Waals surface area contributed by atoms with Gasteiger partial charge in [0.25, 0.3) is 0 Å². The van der Waals surface area contributed by atoms with Crippen LogP contribution in [0, 0.1) is 6.92 Å². The van der Waals surface area contributed by atoms with Gasteiger partial charge in [0.15, 0.2) is 12.4 Å². The summed E-state index contributed by atoms with van der Waals surface area (Å²) in [5.41, 5.74) is 2.76. The van der Waals surface area contributed by atoms with Gasteiger partial charge in [-0.25, -0.2) is 0 Å². The largest absolute Gasteiger partial charge is 0.485 e. The van der Waals surface area contributed by atoms with Gasteiger partial charge in [0.1, 0.15) is 5.75 Å². The lowest BCUT2D eigenvalue weighted by Gasteiger charge is -2.08. The number of ether oxygens (including phenoxy) is 1. The van der Waals surface area contributed by atoms with Crippen molar-refractivity contribution in [2.75, 3.05) is 6.61 Å². The second-order valence-corrected chi connectivity index (χ2v) is 5.10. The van der Waals surface area contributed by atoms with E-state index in [4.69, 9.17) is 16.3 Å². The summed E-state index contributed by atoms with van der Waals surface area (Å²) >= 11 is 6.05. The molecule has 3 heteroatoms. The molecule has 2 rings (SSSR count). The molecule has 104 valence electrons. The van der Waals surface area contributed by atoms with Gasteiger partial charge in [0.05, 0.1) is 0 Å². The van der Waals surface area contributed by atoms with Gasteiger partial charge in [-0.05, 0) is 43.2 Å². The molecule has 0 N–H and O–H groups in total. The van der Waals surface area contributed by atoms with Crippen LogP contribution in [-0.4, -0.2) is 12.4 Å². The number of carbonyl (C=O) groups is 1. The van der Waals surface area contributed by atoms with Crippen LogP contribution in [0.1, 0.15) is 28.4 Å². The van der Waals surface area contributed by atoms with Crippen LogP contribution < -0.4 is 4.74 Å². The number of hydrogen-bond acceptors (Lipinski definition) is 2. The third kappa shape index (κ3) is 3.61. The molecule has 0 saturated heterocycles. The van der Waals surface area contributed by atoms with Crippen LogP contribution in [0.25, 0.3) is 0 Å². The van der Waals surface area contributed by atoms with Crippen molar-refractivity contribution in [1.82, 2.24) is 0 Å². The minimum Gasteiger partial charge on any atom is -0.485 e. The summed E-state index contributed by atoms with van der Waals surface area (Å²) in [6, 6.07) is 13.0. The molecular formula is C17H17ClO2. The molecule has 2 aromatic rings. The van der Waals surface area contributed by atoms with Gasteiger partial charge in [-0.2, -0.15) is 0 Å². The van der Waals surface area contributed by atoms with Gasteiger partial charge < -0.3 is 4.74 Å². The molecule has 20 heavy (non-hydrogen) atoms. The SMILES string of the molecule is CCc1cc(OCC(=O)c2cccc(C)c2)ccc1Cl. The van der Waals surface area contributed by atoms with Gasteiger partial charge in [-0.15, -0.1) is 0 Å². The van der Waals surface area contributed by atoms with Crippen LogP contribution in [0.3, 0.4) is 0 Å². The molecule has 0 aromatic heterocycles. The van der Waals surface area contributed by atoms with E-state index in [1.807, 2.05) is 38.1 Å². The van der Waals surface area contributed by atoms with Crippen LogP contribution in [0.2, 0.25) is 5.02 Å². The van der Waals surface area contributed by atoms with Crippen LogP contribution >= 0.6 is 11.6 Å². The zero-order chi connectivity index (χ0) is 14.5. The monoisotopic (exact) mass is 288 g/mol. The number of ketones is 1. The Hall–Kier alpha value is -1.80. The molecule has 0 unspecified atom stereocenters. The Balaban J connectivity index is 2.03. The molecule has 2 aromatic carbocycles. The van der Waals surface area contributed by atoms with E-state index in [0.29, 0.717) is 11.3 Å². The Labute approximate surface area is 124 Å². The van der Waals surface area contributed by atoms with Crippen molar-refractivity contribution in [3.05, 3.63) is 64.2 Å². The van der Waals surface area contributed by atoms with Crippen molar-refractivity contribution in [1.29, 1.82) is 0 Å². The first-order valence-electron chi connectivity index (χ1n) is 6.61. The number of aryl methyl sites for hydroxylation is 2. The third-order valence-corrected chi connectivity index (χ3v) is 3.48. The first kappa shape index (κ1) is 14.6. The van der Waals surface area contributed by atoms with E-state index in [9.17, 15) is 4.79 Å². The molecule has 0 bridgehead atoms. The Kier molecular flexibility index (Phi) is 4.80. The highest BCUT2D eigenvalue weighted by Gasteiger charge is 2.08. The zero-order valence-electron chi connectivity index (χ0n) is 11.7. The molecule has 0 saturated carbocycles. The maximum Gasteiger partial charge on any atom is 0.200 e. The van der Waals surface area contributed by atoms with Crippen molar-refractivity contribution >= 4 is 17.4 Å². The highest BCUT2D eigenvalue weighted by Crippen LogP contribution is 2.22. The number of halogens is 1. The van der Waals surface area contributed by atoms with E-state index in [-0.39, 0.29) is 12.4 Å². The fourth-order valence-corrected chi connectivity index (χ4v) is 2.21. The molecule has 0 fully saturated rings. The highest BCUT2D eigenvalue weighted by atomic mass is 35.5. The first-order valence-corrected chi connectivity index (χ1v) is 6.99. The topological polar surface area (TPSA) is 26.3 Å². The molecule has 0 radical (unpaired) electrons. The van der Waals surface area contributed by atoms with Gasteiger partial charge in [-0.3, -0.25) is 4.79 Å². The second kappa shape index (κ2) is 6.58. The molecule has 0 amide bonds. The lowest BCUT2D eigenvalue weighted by atomic mass is 10.1. The minimum atomic E-state index is -0.0262. The smallest absolute Gasteiger partial charge is 0.200 e. The predicted octanol–water partition coefficient (Wildman–Crippen LogP) is 4.47. The average molecular weight is 289 g/mol. The summed E-state index contributed by atoms with van der Waals surface area (Å²) in [4.78, 5) is 12.0. The number of benzene rings is 2. The average Bonchev–Trinajstić information content (AvgIpc) is 2.46. The molecule has 0 aliphatic rings. The molecular weight excluding hydrogens is 272 g/mol. The van der Waals surface area contributed by atoms with E-state index in [1.165, 1.54) is 0 Å². The fraction of sp³-hybridized carbons (Fsp3) is 0.235. The summed E-state index contributed by atoms with van der Waals surface area (Å²) in [6.07, 6.45) is 0.835. The van der Waals surface area contributed by atoms with E-state index >= 15 is 0 Å². The molecule has 0 aliphatic heterocycles. The van der Waals surface area contributed by atoms with Gasteiger partial charge in [-0.1, -0.05) is 42.3 Å².